The molecule has 0 saturated carbocycles. The number of rotatable bonds is 6. The molecule has 0 radical (unpaired) electrons. The van der Waals surface area contributed by atoms with Crippen LogP contribution in [0.3, 0.4) is 0 Å². The first kappa shape index (κ1) is 16.4. The zero-order valence-corrected chi connectivity index (χ0v) is 14.4. The second-order valence-electron chi connectivity index (χ2n) is 6.25. The van der Waals surface area contributed by atoms with Crippen molar-refractivity contribution < 1.29 is 5.11 Å². The fourth-order valence-electron chi connectivity index (χ4n) is 3.00. The Bertz CT molecular complexity index is 577. The Morgan fingerprint density at radius 2 is 2.04 bits per heavy atom. The Hall–Kier alpha value is -1.43. The number of benzene rings is 1. The largest absolute Gasteiger partial charge is 0.396 e. The van der Waals surface area contributed by atoms with Gasteiger partial charge in [0.1, 0.15) is 5.01 Å². The van der Waals surface area contributed by atoms with Crippen molar-refractivity contribution in [2.24, 2.45) is 5.92 Å². The van der Waals surface area contributed by atoms with Crippen molar-refractivity contribution in [2.45, 2.75) is 32.4 Å². The van der Waals surface area contributed by atoms with Crippen LogP contribution in [0.5, 0.6) is 0 Å². The molecule has 0 aliphatic carbocycles. The van der Waals surface area contributed by atoms with Crippen LogP contribution < -0.4 is 10.2 Å². The molecule has 2 heterocycles. The Labute approximate surface area is 142 Å². The van der Waals surface area contributed by atoms with Crippen molar-refractivity contribution in [3.05, 3.63) is 46.4 Å². The van der Waals surface area contributed by atoms with Gasteiger partial charge >= 0.3 is 0 Å². The summed E-state index contributed by atoms with van der Waals surface area (Å²) in [6.45, 7) is 5.43. The second kappa shape index (κ2) is 7.90. The topological polar surface area (TPSA) is 48.4 Å². The smallest absolute Gasteiger partial charge is 0.109 e. The van der Waals surface area contributed by atoms with Crippen LogP contribution in [0, 0.1) is 5.92 Å². The Kier molecular flexibility index (Phi) is 5.65. The SMILES string of the molecule is CC(NCc1ccc(N2CCC(CO)CC2)cc1)c1nccs1. The minimum atomic E-state index is 0.284. The molecule has 1 aromatic heterocycles. The summed E-state index contributed by atoms with van der Waals surface area (Å²) < 4.78 is 0. The van der Waals surface area contributed by atoms with Gasteiger partial charge in [0.05, 0.1) is 6.04 Å². The summed E-state index contributed by atoms with van der Waals surface area (Å²) in [5, 5.41) is 15.9. The van der Waals surface area contributed by atoms with Crippen LogP contribution in [-0.4, -0.2) is 29.8 Å². The van der Waals surface area contributed by atoms with Gasteiger partial charge in [0, 0.05) is 43.5 Å². The van der Waals surface area contributed by atoms with Crippen LogP contribution in [0.1, 0.15) is 36.4 Å². The Morgan fingerprint density at radius 1 is 1.30 bits per heavy atom. The monoisotopic (exact) mass is 331 g/mol. The molecule has 1 aromatic carbocycles. The lowest BCUT2D eigenvalue weighted by Crippen LogP contribution is -2.34. The number of piperidine rings is 1. The third-order valence-corrected chi connectivity index (χ3v) is 5.57. The van der Waals surface area contributed by atoms with E-state index in [1.165, 1.54) is 11.3 Å². The first-order chi connectivity index (χ1) is 11.3. The van der Waals surface area contributed by atoms with E-state index in [1.54, 1.807) is 11.3 Å². The molecule has 0 bridgehead atoms. The van der Waals surface area contributed by atoms with Crippen LogP contribution in [0.15, 0.2) is 35.8 Å². The molecule has 1 saturated heterocycles. The molecule has 1 aliphatic rings. The number of anilines is 1. The minimum Gasteiger partial charge on any atom is -0.396 e. The average molecular weight is 331 g/mol. The van der Waals surface area contributed by atoms with Gasteiger partial charge in [0.15, 0.2) is 0 Å². The van der Waals surface area contributed by atoms with Crippen molar-refractivity contribution in [1.29, 1.82) is 0 Å². The molecule has 1 fully saturated rings. The van der Waals surface area contributed by atoms with Crippen LogP contribution >= 0.6 is 11.3 Å². The summed E-state index contributed by atoms with van der Waals surface area (Å²) >= 11 is 1.69. The first-order valence-electron chi connectivity index (χ1n) is 8.34. The summed E-state index contributed by atoms with van der Waals surface area (Å²) in [4.78, 5) is 6.77. The van der Waals surface area contributed by atoms with Crippen molar-refractivity contribution in [2.75, 3.05) is 24.6 Å². The summed E-state index contributed by atoms with van der Waals surface area (Å²) in [5.74, 6) is 0.488. The summed E-state index contributed by atoms with van der Waals surface area (Å²) in [6.07, 6.45) is 4.03. The number of aromatic nitrogens is 1. The van der Waals surface area contributed by atoms with Crippen LogP contribution in [-0.2, 0) is 6.54 Å². The highest BCUT2D eigenvalue weighted by molar-refractivity contribution is 7.09. The normalized spacial score (nSPS) is 17.4. The number of nitrogens with zero attached hydrogens (tertiary/aromatic N) is 2. The van der Waals surface area contributed by atoms with E-state index in [9.17, 15) is 5.11 Å². The molecule has 1 unspecified atom stereocenters. The van der Waals surface area contributed by atoms with Gasteiger partial charge in [-0.2, -0.15) is 0 Å². The maximum absolute atomic E-state index is 9.23. The van der Waals surface area contributed by atoms with E-state index in [1.807, 2.05) is 11.6 Å². The molecule has 1 atom stereocenters. The maximum Gasteiger partial charge on any atom is 0.109 e. The molecular formula is C18H25N3OS. The van der Waals surface area contributed by atoms with Gasteiger partial charge in [-0.15, -0.1) is 11.3 Å². The fourth-order valence-corrected chi connectivity index (χ4v) is 3.68. The van der Waals surface area contributed by atoms with E-state index in [0.717, 1.165) is 37.5 Å². The highest BCUT2D eigenvalue weighted by Gasteiger charge is 2.18. The van der Waals surface area contributed by atoms with E-state index in [2.05, 4.69) is 46.4 Å². The van der Waals surface area contributed by atoms with Crippen molar-refractivity contribution in [3.63, 3.8) is 0 Å². The highest BCUT2D eigenvalue weighted by atomic mass is 32.1. The van der Waals surface area contributed by atoms with Crippen molar-refractivity contribution in [1.82, 2.24) is 10.3 Å². The predicted octanol–water partition coefficient (Wildman–Crippen LogP) is 3.20. The molecule has 124 valence electrons. The molecule has 3 rings (SSSR count). The minimum absolute atomic E-state index is 0.284. The van der Waals surface area contributed by atoms with Gasteiger partial charge in [0.2, 0.25) is 0 Å². The Morgan fingerprint density at radius 3 is 2.65 bits per heavy atom. The van der Waals surface area contributed by atoms with Gasteiger partial charge in [-0.3, -0.25) is 0 Å². The van der Waals surface area contributed by atoms with E-state index in [-0.39, 0.29) is 6.04 Å². The summed E-state index contributed by atoms with van der Waals surface area (Å²) in [7, 11) is 0. The van der Waals surface area contributed by atoms with E-state index in [0.29, 0.717) is 12.5 Å². The van der Waals surface area contributed by atoms with Gasteiger partial charge in [0.25, 0.3) is 0 Å². The van der Waals surface area contributed by atoms with Gasteiger partial charge in [-0.05, 0) is 43.4 Å². The third kappa shape index (κ3) is 4.31. The third-order valence-electron chi connectivity index (χ3n) is 4.61. The lowest BCUT2D eigenvalue weighted by molar-refractivity contribution is 0.203. The zero-order chi connectivity index (χ0) is 16.1. The Balaban J connectivity index is 1.51. The average Bonchev–Trinajstić information content (AvgIpc) is 3.15. The van der Waals surface area contributed by atoms with Crippen molar-refractivity contribution in [3.8, 4) is 0 Å². The highest BCUT2D eigenvalue weighted by Crippen LogP contribution is 2.23. The molecule has 0 amide bonds. The van der Waals surface area contributed by atoms with Crippen molar-refractivity contribution >= 4 is 17.0 Å². The summed E-state index contributed by atoms with van der Waals surface area (Å²) in [6, 6.07) is 9.12. The standard InChI is InChI=1S/C18H25N3OS/c1-14(18-19-8-11-23-18)20-12-15-2-4-17(5-3-15)21-9-6-16(13-22)7-10-21/h2-5,8,11,14,16,20,22H,6-7,9-10,12-13H2,1H3. The number of aliphatic hydroxyl groups is 1. The molecule has 1 aliphatic heterocycles. The molecule has 0 spiro atoms. The molecule has 2 aromatic rings. The number of nitrogens with one attached hydrogen (secondary N) is 1. The molecular weight excluding hydrogens is 306 g/mol. The quantitative estimate of drug-likeness (QED) is 0.853. The lowest BCUT2D eigenvalue weighted by Gasteiger charge is -2.33. The molecule has 23 heavy (non-hydrogen) atoms. The van der Waals surface area contributed by atoms with Gasteiger partial charge in [-0.1, -0.05) is 12.1 Å². The number of hydrogen-bond donors (Lipinski definition) is 2. The fraction of sp³-hybridized carbons (Fsp3) is 0.500. The maximum atomic E-state index is 9.23. The van der Waals surface area contributed by atoms with Gasteiger partial charge < -0.3 is 15.3 Å². The molecule has 2 N–H and O–H groups in total. The van der Waals surface area contributed by atoms with Gasteiger partial charge in [-0.25, -0.2) is 4.98 Å². The number of aliphatic hydroxyl groups excluding tert-OH is 1. The van der Waals surface area contributed by atoms with E-state index < -0.39 is 0 Å². The molecule has 4 nitrogen and oxygen atoms in total. The number of hydrogen-bond acceptors (Lipinski definition) is 5. The number of thiazole rings is 1. The summed E-state index contributed by atoms with van der Waals surface area (Å²) in [5.41, 5.74) is 2.58. The zero-order valence-electron chi connectivity index (χ0n) is 13.6. The van der Waals surface area contributed by atoms with Crippen LogP contribution in [0.4, 0.5) is 5.69 Å². The predicted molar refractivity (Wildman–Crippen MR) is 95.8 cm³/mol. The second-order valence-corrected chi connectivity index (χ2v) is 7.18. The van der Waals surface area contributed by atoms with Crippen LogP contribution in [0.25, 0.3) is 0 Å². The first-order valence-corrected chi connectivity index (χ1v) is 9.21. The van der Waals surface area contributed by atoms with E-state index in [4.69, 9.17) is 0 Å². The lowest BCUT2D eigenvalue weighted by atomic mass is 9.97. The van der Waals surface area contributed by atoms with Crippen LogP contribution in [0.2, 0.25) is 0 Å². The molecule has 5 heteroatoms. The van der Waals surface area contributed by atoms with E-state index >= 15 is 0 Å².